The maximum atomic E-state index is 4.32. The Labute approximate surface area is 104 Å². The van der Waals surface area contributed by atoms with Crippen LogP contribution in [0.5, 0.6) is 0 Å². The lowest BCUT2D eigenvalue weighted by Crippen LogP contribution is -1.84. The first-order chi connectivity index (χ1) is 8.33. The van der Waals surface area contributed by atoms with Gasteiger partial charge in [0.1, 0.15) is 0 Å². The first kappa shape index (κ1) is 10.4. The molecule has 0 radical (unpaired) electrons. The van der Waals surface area contributed by atoms with Crippen LogP contribution >= 0.6 is 11.9 Å². The summed E-state index contributed by atoms with van der Waals surface area (Å²) in [5, 5.41) is 0. The highest BCUT2D eigenvalue weighted by atomic mass is 32.2. The number of rotatable bonds is 2. The molecule has 0 atom stereocenters. The molecule has 3 rings (SSSR count). The molecular weight excluding hydrogens is 228 g/mol. The Morgan fingerprint density at radius 2 is 1.88 bits per heavy atom. The minimum absolute atomic E-state index is 1.03. The van der Waals surface area contributed by atoms with Crippen molar-refractivity contribution in [1.29, 1.82) is 0 Å². The topological polar surface area (TPSA) is 17.8 Å². The predicted octanol–water partition coefficient (Wildman–Crippen LogP) is 3.90. The summed E-state index contributed by atoms with van der Waals surface area (Å²) in [7, 11) is 0. The van der Waals surface area contributed by atoms with E-state index in [2.05, 4.69) is 52.4 Å². The molecule has 84 valence electrons. The molecule has 3 aromatic rings. The van der Waals surface area contributed by atoms with Crippen molar-refractivity contribution in [2.75, 3.05) is 0 Å². The van der Waals surface area contributed by atoms with Crippen LogP contribution in [-0.2, 0) is 0 Å². The average molecular weight is 240 g/mol. The second-order valence-electron chi connectivity index (χ2n) is 3.95. The van der Waals surface area contributed by atoms with E-state index in [0.29, 0.717) is 0 Å². The van der Waals surface area contributed by atoms with E-state index in [4.69, 9.17) is 0 Å². The molecule has 0 saturated carbocycles. The Morgan fingerprint density at radius 3 is 2.71 bits per heavy atom. The highest BCUT2D eigenvalue weighted by Gasteiger charge is 2.02. The summed E-state index contributed by atoms with van der Waals surface area (Å²) in [6, 6.07) is 14.6. The number of hydrogen-bond donors (Lipinski definition) is 0. The van der Waals surface area contributed by atoms with Crippen molar-refractivity contribution in [3.8, 4) is 0 Å². The van der Waals surface area contributed by atoms with E-state index in [-0.39, 0.29) is 0 Å². The Morgan fingerprint density at radius 1 is 1.06 bits per heavy atom. The van der Waals surface area contributed by atoms with E-state index in [1.54, 1.807) is 11.9 Å². The van der Waals surface area contributed by atoms with Crippen molar-refractivity contribution in [3.05, 3.63) is 60.4 Å². The van der Waals surface area contributed by atoms with E-state index < -0.39 is 0 Å². The van der Waals surface area contributed by atoms with E-state index in [9.17, 15) is 0 Å². The first-order valence-corrected chi connectivity index (χ1v) is 6.27. The Bertz CT molecular complexity index is 641. The summed E-state index contributed by atoms with van der Waals surface area (Å²) < 4.78 is 2.15. The van der Waals surface area contributed by atoms with Crippen molar-refractivity contribution in [2.45, 2.75) is 11.8 Å². The van der Waals surface area contributed by atoms with Gasteiger partial charge in [-0.1, -0.05) is 17.7 Å². The Balaban J connectivity index is 1.97. The van der Waals surface area contributed by atoms with Crippen LogP contribution in [0.1, 0.15) is 5.56 Å². The smallest absolute Gasteiger partial charge is 0.0890 e. The number of aryl methyl sites for hydroxylation is 1. The molecule has 0 aliphatic carbocycles. The van der Waals surface area contributed by atoms with Crippen LogP contribution in [0.25, 0.3) is 11.0 Å². The lowest BCUT2D eigenvalue weighted by Gasteiger charge is -2.04. The van der Waals surface area contributed by atoms with Crippen LogP contribution in [-0.4, -0.2) is 8.96 Å². The van der Waals surface area contributed by atoms with E-state index in [0.717, 1.165) is 11.0 Å². The average Bonchev–Trinajstić information content (AvgIpc) is 2.76. The van der Waals surface area contributed by atoms with Gasteiger partial charge in [0, 0.05) is 17.3 Å². The zero-order valence-electron chi connectivity index (χ0n) is 9.50. The van der Waals surface area contributed by atoms with Gasteiger partial charge in [-0.25, -0.2) is 0 Å². The number of fused-ring (bicyclic) bond motifs is 1. The van der Waals surface area contributed by atoms with E-state index in [1.165, 1.54) is 10.5 Å². The molecule has 17 heavy (non-hydrogen) atoms. The van der Waals surface area contributed by atoms with Gasteiger partial charge in [-0.15, -0.1) is 0 Å². The van der Waals surface area contributed by atoms with Crippen LogP contribution < -0.4 is 0 Å². The van der Waals surface area contributed by atoms with E-state index >= 15 is 0 Å². The van der Waals surface area contributed by atoms with Gasteiger partial charge in [-0.05, 0) is 49.2 Å². The standard InChI is InChI=1S/C14H12N2S/c1-11-4-6-12(7-5-11)17-16-10-8-13-14(16)3-2-9-15-13/h2-10H,1H3. The van der Waals surface area contributed by atoms with Crippen LogP contribution in [0.2, 0.25) is 0 Å². The lowest BCUT2D eigenvalue weighted by molar-refractivity contribution is 1.30. The fourth-order valence-electron chi connectivity index (χ4n) is 1.73. The molecule has 0 aliphatic heterocycles. The zero-order chi connectivity index (χ0) is 11.7. The molecule has 2 nitrogen and oxygen atoms in total. The van der Waals surface area contributed by atoms with Crippen LogP contribution in [0.4, 0.5) is 0 Å². The lowest BCUT2D eigenvalue weighted by atomic mass is 10.2. The van der Waals surface area contributed by atoms with Crippen molar-refractivity contribution in [2.24, 2.45) is 0 Å². The molecule has 0 N–H and O–H groups in total. The molecule has 0 fully saturated rings. The first-order valence-electron chi connectivity index (χ1n) is 5.50. The molecule has 0 aliphatic rings. The minimum atomic E-state index is 1.03. The van der Waals surface area contributed by atoms with Gasteiger partial charge in [-0.3, -0.25) is 8.96 Å². The summed E-state index contributed by atoms with van der Waals surface area (Å²) in [5.41, 5.74) is 3.47. The fourth-order valence-corrected chi connectivity index (χ4v) is 2.59. The monoisotopic (exact) mass is 240 g/mol. The molecule has 0 unspecified atom stereocenters. The highest BCUT2D eigenvalue weighted by molar-refractivity contribution is 7.98. The number of aromatic nitrogens is 2. The van der Waals surface area contributed by atoms with Gasteiger partial charge in [-0.2, -0.15) is 0 Å². The summed E-state index contributed by atoms with van der Waals surface area (Å²) in [6.45, 7) is 2.10. The number of benzene rings is 1. The third-order valence-corrected chi connectivity index (χ3v) is 3.64. The van der Waals surface area contributed by atoms with Gasteiger partial charge in [0.25, 0.3) is 0 Å². The molecule has 0 bridgehead atoms. The quantitative estimate of drug-likeness (QED) is 0.676. The molecule has 0 saturated heterocycles. The second-order valence-corrected chi connectivity index (χ2v) is 5.00. The number of hydrogen-bond acceptors (Lipinski definition) is 2. The van der Waals surface area contributed by atoms with Crippen molar-refractivity contribution in [3.63, 3.8) is 0 Å². The molecule has 2 aromatic heterocycles. The minimum Gasteiger partial charge on any atom is -0.285 e. The van der Waals surface area contributed by atoms with Gasteiger partial charge in [0.05, 0.1) is 11.0 Å². The highest BCUT2D eigenvalue weighted by Crippen LogP contribution is 2.25. The largest absolute Gasteiger partial charge is 0.285 e. The maximum Gasteiger partial charge on any atom is 0.0890 e. The molecule has 0 spiro atoms. The van der Waals surface area contributed by atoms with Crippen molar-refractivity contribution in [1.82, 2.24) is 8.96 Å². The fraction of sp³-hybridized carbons (Fsp3) is 0.0714. The summed E-state index contributed by atoms with van der Waals surface area (Å²) in [5.74, 6) is 0. The Kier molecular flexibility index (Phi) is 2.61. The van der Waals surface area contributed by atoms with E-state index in [1.807, 2.05) is 18.3 Å². The molecular formula is C14H12N2S. The van der Waals surface area contributed by atoms with Crippen LogP contribution in [0.3, 0.4) is 0 Å². The van der Waals surface area contributed by atoms with Crippen molar-refractivity contribution < 1.29 is 0 Å². The molecule has 1 aromatic carbocycles. The van der Waals surface area contributed by atoms with Crippen molar-refractivity contribution >= 4 is 23.0 Å². The van der Waals surface area contributed by atoms with Gasteiger partial charge < -0.3 is 0 Å². The molecule has 2 heterocycles. The number of nitrogens with zero attached hydrogens (tertiary/aromatic N) is 2. The zero-order valence-corrected chi connectivity index (χ0v) is 10.3. The normalized spacial score (nSPS) is 10.9. The summed E-state index contributed by atoms with van der Waals surface area (Å²) in [6.07, 6.45) is 3.88. The van der Waals surface area contributed by atoms with Crippen LogP contribution in [0, 0.1) is 6.92 Å². The van der Waals surface area contributed by atoms with Crippen LogP contribution in [0.15, 0.2) is 59.8 Å². The van der Waals surface area contributed by atoms with Gasteiger partial charge >= 0.3 is 0 Å². The number of pyridine rings is 1. The molecule has 3 heteroatoms. The van der Waals surface area contributed by atoms with Gasteiger partial charge in [0.15, 0.2) is 0 Å². The molecule has 0 amide bonds. The summed E-state index contributed by atoms with van der Waals surface area (Å²) in [4.78, 5) is 5.56. The van der Waals surface area contributed by atoms with Gasteiger partial charge in [0.2, 0.25) is 0 Å². The third kappa shape index (κ3) is 2.06. The maximum absolute atomic E-state index is 4.32. The Hall–Kier alpha value is -1.74. The SMILES string of the molecule is Cc1ccc(Sn2ccc3ncccc32)cc1. The predicted molar refractivity (Wildman–Crippen MR) is 72.2 cm³/mol. The summed E-state index contributed by atoms with van der Waals surface area (Å²) >= 11 is 1.71. The second kappa shape index (κ2) is 4.26. The third-order valence-electron chi connectivity index (χ3n) is 2.65.